The Hall–Kier alpha value is -0.660. The van der Waals surface area contributed by atoms with Crippen molar-refractivity contribution in [3.05, 3.63) is 108 Å². The summed E-state index contributed by atoms with van der Waals surface area (Å²) in [6.07, 6.45) is 0. The third-order valence-electron chi connectivity index (χ3n) is 11.3. The predicted molar refractivity (Wildman–Crippen MR) is 236 cm³/mol. The van der Waals surface area contributed by atoms with Gasteiger partial charge >= 0.3 is 0 Å². The van der Waals surface area contributed by atoms with Crippen molar-refractivity contribution in [1.29, 1.82) is 0 Å². The smallest absolute Gasteiger partial charge is 0.192 e. The number of nitrogens with zero attached hydrogens (tertiary/aromatic N) is 6. The molecule has 3 aromatic carbocycles. The van der Waals surface area contributed by atoms with Crippen LogP contribution in [0, 0.1) is 0 Å². The van der Waals surface area contributed by atoms with Crippen molar-refractivity contribution in [3.8, 4) is 0 Å². The van der Waals surface area contributed by atoms with Crippen LogP contribution in [-0.4, -0.2) is 105 Å². The number of aromatic nitrogens is 3. The van der Waals surface area contributed by atoms with E-state index in [1.165, 1.54) is 0 Å². The van der Waals surface area contributed by atoms with E-state index < -0.39 is 0 Å². The molecule has 0 amide bonds. The second kappa shape index (κ2) is 27.3. The summed E-state index contributed by atoms with van der Waals surface area (Å²) in [5.74, 6) is 2.55. The monoisotopic (exact) mass is 954 g/mol. The van der Waals surface area contributed by atoms with E-state index in [-0.39, 0.29) is 53.7 Å². The Morgan fingerprint density at radius 2 is 0.614 bits per heavy atom. The number of thioether (sulfide) groups is 3. The van der Waals surface area contributed by atoms with Crippen molar-refractivity contribution >= 4 is 70.1 Å². The first-order valence-corrected chi connectivity index (χ1v) is 23.7. The van der Waals surface area contributed by atoms with Gasteiger partial charge in [0.2, 0.25) is 0 Å². The first-order valence-electron chi connectivity index (χ1n) is 19.4. The molecule has 0 aliphatic carbocycles. The van der Waals surface area contributed by atoms with Crippen LogP contribution in [0.3, 0.4) is 0 Å². The van der Waals surface area contributed by atoms with Crippen LogP contribution in [0.5, 0.6) is 0 Å². The maximum Gasteiger partial charge on any atom is 0.192 e. The van der Waals surface area contributed by atoms with Gasteiger partial charge in [0, 0.05) is 16.7 Å². The van der Waals surface area contributed by atoms with Gasteiger partial charge in [-0.15, -0.1) is 0 Å². The molecule has 1 aromatic heterocycles. The van der Waals surface area contributed by atoms with Crippen LogP contribution in [0.15, 0.2) is 106 Å². The number of benzene rings is 3. The number of quaternary nitrogens is 3. The van der Waals surface area contributed by atoms with Crippen LogP contribution in [0.1, 0.15) is 74.7 Å². The van der Waals surface area contributed by atoms with Gasteiger partial charge in [0.05, 0.1) is 76.2 Å². The van der Waals surface area contributed by atoms with Gasteiger partial charge < -0.3 is 50.7 Å². The third kappa shape index (κ3) is 14.5. The molecule has 0 fully saturated rings. The van der Waals surface area contributed by atoms with Crippen LogP contribution < -0.4 is 37.2 Å². The summed E-state index contributed by atoms with van der Waals surface area (Å²) < 4.78 is 2.37. The lowest BCUT2D eigenvalue weighted by Crippen LogP contribution is -3.00. The SMILES string of the molecule is CC[N+](CC)(CCSc1nc(SCC[N+](CC)(CC)C(Cl)c2ccccc2)nc(SCC[N+](CC)(CC)C(Cl)c2ccccc2)n1)C(Cl)c1ccccc1.[Cl-].[Cl-].[Cl-]. The van der Waals surface area contributed by atoms with E-state index in [1.54, 1.807) is 35.3 Å². The van der Waals surface area contributed by atoms with Crippen LogP contribution in [0.25, 0.3) is 0 Å². The Bertz CT molecular complexity index is 1450. The minimum absolute atomic E-state index is 0. The Morgan fingerprint density at radius 1 is 0.404 bits per heavy atom. The molecule has 57 heavy (non-hydrogen) atoms. The van der Waals surface area contributed by atoms with Crippen LogP contribution in [-0.2, 0) is 0 Å². The van der Waals surface area contributed by atoms with Crippen LogP contribution in [0.4, 0.5) is 0 Å². The van der Waals surface area contributed by atoms with Gasteiger partial charge in [-0.25, -0.2) is 0 Å². The molecule has 3 unspecified atom stereocenters. The maximum atomic E-state index is 7.21. The van der Waals surface area contributed by atoms with Crippen molar-refractivity contribution in [2.45, 2.75) is 73.5 Å². The second-order valence-corrected chi connectivity index (χ2v) is 18.1. The molecule has 0 bridgehead atoms. The molecule has 0 saturated carbocycles. The summed E-state index contributed by atoms with van der Waals surface area (Å²) in [7, 11) is 0. The fraction of sp³-hybridized carbons (Fsp3) is 0.500. The lowest BCUT2D eigenvalue weighted by Gasteiger charge is -2.41. The zero-order valence-corrected chi connectivity index (χ0v) is 41.0. The highest BCUT2D eigenvalue weighted by atomic mass is 35.5. The van der Waals surface area contributed by atoms with Crippen molar-refractivity contribution < 1.29 is 50.7 Å². The molecule has 4 rings (SSSR count). The lowest BCUT2D eigenvalue weighted by atomic mass is 10.1. The Morgan fingerprint density at radius 3 is 0.807 bits per heavy atom. The fourth-order valence-corrected chi connectivity index (χ4v) is 11.7. The largest absolute Gasteiger partial charge is 1.00 e. The molecule has 1 heterocycles. The average Bonchev–Trinajstić information content (AvgIpc) is 3.23. The number of alkyl halides is 3. The molecule has 0 spiro atoms. The van der Waals surface area contributed by atoms with E-state index in [9.17, 15) is 0 Å². The summed E-state index contributed by atoms with van der Waals surface area (Å²) in [4.78, 5) is 15.1. The van der Waals surface area contributed by atoms with Crippen molar-refractivity contribution in [3.63, 3.8) is 0 Å². The molecule has 0 radical (unpaired) electrons. The number of rotatable bonds is 24. The van der Waals surface area contributed by atoms with Gasteiger partial charge in [0.15, 0.2) is 32.0 Å². The minimum atomic E-state index is -0.119. The topological polar surface area (TPSA) is 38.7 Å². The van der Waals surface area contributed by atoms with Gasteiger partial charge in [0.25, 0.3) is 0 Å². The summed E-state index contributed by atoms with van der Waals surface area (Å²) in [6.45, 7) is 21.8. The summed E-state index contributed by atoms with van der Waals surface area (Å²) in [5, 5.41) is 2.30. The molecule has 6 nitrogen and oxygen atoms in total. The molecule has 318 valence electrons. The van der Waals surface area contributed by atoms with Crippen molar-refractivity contribution in [1.82, 2.24) is 15.0 Å². The summed E-state index contributed by atoms with van der Waals surface area (Å²) in [6, 6.07) is 31.4. The molecular weight excluding hydrogens is 897 g/mol. The quantitative estimate of drug-likeness (QED) is 0.0466. The molecule has 3 atom stereocenters. The minimum Gasteiger partial charge on any atom is -1.00 e. The molecule has 4 aromatic rings. The standard InChI is InChI=1S/C42H60Cl3N6S3.3ClH/c1-7-49(8-2,37(43)34-22-16-13-17-23-34)28-31-52-40-46-41(53-32-29-50(9-3,10-4)38(44)35-24-18-14-19-25-35)48-42(47-40)54-33-30-51(11-5,12-6)39(45)36-26-20-15-21-27-36;;;/h13-27,37-39H,7-12,28-33H2,1-6H3;3*1H/q+3;;;/p-3. The highest BCUT2D eigenvalue weighted by Crippen LogP contribution is 2.36. The number of halogens is 6. The predicted octanol–water partition coefficient (Wildman–Crippen LogP) is 2.54. The molecule has 0 aliphatic rings. The fourth-order valence-electron chi connectivity index (χ4n) is 7.18. The number of hydrogen-bond donors (Lipinski definition) is 0. The van der Waals surface area contributed by atoms with Gasteiger partial charge in [-0.05, 0) is 41.5 Å². The van der Waals surface area contributed by atoms with Gasteiger partial charge in [-0.2, -0.15) is 15.0 Å². The highest BCUT2D eigenvalue weighted by molar-refractivity contribution is 8.00. The molecule has 0 N–H and O–H groups in total. The van der Waals surface area contributed by atoms with Gasteiger partial charge in [-0.3, -0.25) is 0 Å². The van der Waals surface area contributed by atoms with Crippen LogP contribution >= 0.6 is 70.1 Å². The number of hydrogen-bond acceptors (Lipinski definition) is 6. The van der Waals surface area contributed by atoms with E-state index in [4.69, 9.17) is 49.8 Å². The van der Waals surface area contributed by atoms with Gasteiger partial charge in [0.1, 0.15) is 0 Å². The van der Waals surface area contributed by atoms with Crippen LogP contribution in [0.2, 0.25) is 0 Å². The molecule has 0 aliphatic heterocycles. The average molecular weight is 958 g/mol. The van der Waals surface area contributed by atoms with E-state index in [0.717, 1.165) is 122 Å². The lowest BCUT2D eigenvalue weighted by molar-refractivity contribution is -0.939. The highest BCUT2D eigenvalue weighted by Gasteiger charge is 2.36. The molecule has 15 heteroatoms. The summed E-state index contributed by atoms with van der Waals surface area (Å²) >= 11 is 26.8. The second-order valence-electron chi connectivity index (χ2n) is 13.7. The van der Waals surface area contributed by atoms with Gasteiger partial charge in [-0.1, -0.05) is 161 Å². The van der Waals surface area contributed by atoms with E-state index >= 15 is 0 Å². The maximum absolute atomic E-state index is 7.21. The Labute approximate surface area is 390 Å². The zero-order chi connectivity index (χ0) is 39.0. The Kier molecular flexibility index (Phi) is 26.1. The Balaban J connectivity index is 0.00000541. The normalized spacial score (nSPS) is 13.4. The first-order chi connectivity index (χ1) is 26.1. The van der Waals surface area contributed by atoms with Crippen molar-refractivity contribution in [2.75, 3.05) is 76.2 Å². The molecule has 0 saturated heterocycles. The summed E-state index contributed by atoms with van der Waals surface area (Å²) in [5.41, 5.74) is 3.12. The third-order valence-corrected chi connectivity index (χ3v) is 15.8. The zero-order valence-electron chi connectivity index (χ0n) is 34.1. The van der Waals surface area contributed by atoms with E-state index in [1.807, 2.05) is 18.2 Å². The molecular formula is C42H60Cl6N6S3. The first kappa shape index (κ1) is 54.4. The van der Waals surface area contributed by atoms with Crippen molar-refractivity contribution in [2.24, 2.45) is 0 Å². The van der Waals surface area contributed by atoms with E-state index in [0.29, 0.717) is 0 Å². The van der Waals surface area contributed by atoms with E-state index in [2.05, 4.69) is 114 Å².